The van der Waals surface area contributed by atoms with Crippen molar-refractivity contribution in [3.8, 4) is 0 Å². The molecule has 1 aliphatic carbocycles. The molecule has 0 aliphatic heterocycles. The van der Waals surface area contributed by atoms with E-state index in [2.05, 4.69) is 25.8 Å². The van der Waals surface area contributed by atoms with Gasteiger partial charge in [-0.3, -0.25) is 0 Å². The zero-order chi connectivity index (χ0) is 14.0. The summed E-state index contributed by atoms with van der Waals surface area (Å²) >= 11 is 0. The van der Waals surface area contributed by atoms with Crippen LogP contribution in [0.5, 0.6) is 0 Å². The highest BCUT2D eigenvalue weighted by Gasteiger charge is 2.29. The van der Waals surface area contributed by atoms with Crippen molar-refractivity contribution in [2.45, 2.75) is 40.0 Å². The van der Waals surface area contributed by atoms with Gasteiger partial charge < -0.3 is 10.6 Å². The first kappa shape index (κ1) is 14.3. The Morgan fingerprint density at radius 3 is 2.79 bits per heavy atom. The van der Waals surface area contributed by atoms with E-state index in [1.165, 1.54) is 17.7 Å². The number of hydrogen-bond donors (Lipinski definition) is 1. The molecular weight excluding hydrogens is 236 g/mol. The summed E-state index contributed by atoms with van der Waals surface area (Å²) in [6, 6.07) is 0. The molecular formula is C15H26N4. The summed E-state index contributed by atoms with van der Waals surface area (Å²) in [5.41, 5.74) is 8.50. The van der Waals surface area contributed by atoms with Crippen molar-refractivity contribution in [3.63, 3.8) is 0 Å². The molecule has 4 nitrogen and oxygen atoms in total. The van der Waals surface area contributed by atoms with E-state index in [0.29, 0.717) is 12.0 Å². The van der Waals surface area contributed by atoms with Gasteiger partial charge in [-0.05, 0) is 36.2 Å². The first-order valence-corrected chi connectivity index (χ1v) is 7.18. The lowest BCUT2D eigenvalue weighted by molar-refractivity contribution is 0.214. The van der Waals surface area contributed by atoms with Gasteiger partial charge in [0.2, 0.25) is 5.95 Å². The van der Waals surface area contributed by atoms with Crippen molar-refractivity contribution in [3.05, 3.63) is 17.5 Å². The highest BCUT2D eigenvalue weighted by atomic mass is 15.2. The molecule has 2 N–H and O–H groups in total. The predicted molar refractivity (Wildman–Crippen MR) is 79.3 cm³/mol. The number of rotatable bonds is 3. The molecule has 19 heavy (non-hydrogen) atoms. The van der Waals surface area contributed by atoms with Crippen molar-refractivity contribution < 1.29 is 0 Å². The van der Waals surface area contributed by atoms with Gasteiger partial charge in [-0.2, -0.15) is 0 Å². The second kappa shape index (κ2) is 5.45. The van der Waals surface area contributed by atoms with E-state index < -0.39 is 0 Å². The third-order valence-electron chi connectivity index (χ3n) is 4.17. The van der Waals surface area contributed by atoms with E-state index >= 15 is 0 Å². The maximum absolute atomic E-state index is 5.57. The average Bonchev–Trinajstić information content (AvgIpc) is 2.36. The number of anilines is 1. The molecule has 0 fully saturated rings. The van der Waals surface area contributed by atoms with Crippen LogP contribution >= 0.6 is 0 Å². The van der Waals surface area contributed by atoms with Gasteiger partial charge in [0.15, 0.2) is 0 Å². The van der Waals surface area contributed by atoms with E-state index in [1.54, 1.807) is 0 Å². The summed E-state index contributed by atoms with van der Waals surface area (Å²) in [7, 11) is 2.00. The summed E-state index contributed by atoms with van der Waals surface area (Å²) in [6.07, 6.45) is 5.43. The Bertz CT molecular complexity index is 436. The van der Waals surface area contributed by atoms with Gasteiger partial charge in [0, 0.05) is 32.0 Å². The number of likely N-dealkylation sites (N-methyl/N-ethyl adjacent to an activating group) is 1. The summed E-state index contributed by atoms with van der Waals surface area (Å²) in [5, 5.41) is 0. The lowest BCUT2D eigenvalue weighted by Gasteiger charge is -2.34. The minimum Gasteiger partial charge on any atom is -0.343 e. The van der Waals surface area contributed by atoms with Crippen molar-refractivity contribution in [2.75, 3.05) is 25.0 Å². The van der Waals surface area contributed by atoms with E-state index in [-0.39, 0.29) is 0 Å². The normalized spacial score (nSPS) is 19.1. The van der Waals surface area contributed by atoms with E-state index in [1.807, 2.05) is 18.1 Å². The Labute approximate surface area is 116 Å². The minimum atomic E-state index is 0.368. The van der Waals surface area contributed by atoms with Crippen LogP contribution in [0.25, 0.3) is 0 Å². The Morgan fingerprint density at radius 2 is 2.16 bits per heavy atom. The second-order valence-electron chi connectivity index (χ2n) is 6.66. The highest BCUT2D eigenvalue weighted by molar-refractivity contribution is 5.33. The van der Waals surface area contributed by atoms with Gasteiger partial charge >= 0.3 is 0 Å². The molecule has 0 spiro atoms. The number of hydrogen-bond acceptors (Lipinski definition) is 4. The molecule has 0 radical (unpaired) electrons. The number of nitrogens with zero attached hydrogens (tertiary/aromatic N) is 3. The average molecular weight is 262 g/mol. The van der Waals surface area contributed by atoms with Gasteiger partial charge in [0.05, 0.1) is 0 Å². The smallest absolute Gasteiger partial charge is 0.225 e. The topological polar surface area (TPSA) is 55.0 Å². The Kier molecular flexibility index (Phi) is 4.09. The maximum atomic E-state index is 5.57. The lowest BCUT2D eigenvalue weighted by atomic mass is 9.72. The minimum absolute atomic E-state index is 0.368. The summed E-state index contributed by atoms with van der Waals surface area (Å²) < 4.78 is 0. The molecule has 0 amide bonds. The first-order chi connectivity index (χ1) is 8.91. The monoisotopic (exact) mass is 262 g/mol. The van der Waals surface area contributed by atoms with Crippen molar-refractivity contribution in [1.29, 1.82) is 0 Å². The van der Waals surface area contributed by atoms with E-state index in [9.17, 15) is 0 Å². The summed E-state index contributed by atoms with van der Waals surface area (Å²) in [4.78, 5) is 11.2. The molecule has 4 heteroatoms. The standard InChI is InChI=1S/C15H26N4/c1-15(2,3)12-5-6-13-11(9-12)10-17-14(18-13)19(4)8-7-16/h10,12H,5-9,16H2,1-4H3. The number of aromatic nitrogens is 2. The molecule has 1 aliphatic rings. The van der Waals surface area contributed by atoms with Gasteiger partial charge in [0.25, 0.3) is 0 Å². The van der Waals surface area contributed by atoms with E-state index in [0.717, 1.165) is 31.3 Å². The van der Waals surface area contributed by atoms with Crippen LogP contribution in [0.2, 0.25) is 0 Å². The molecule has 1 atom stereocenters. The van der Waals surface area contributed by atoms with Crippen molar-refractivity contribution in [2.24, 2.45) is 17.1 Å². The fourth-order valence-corrected chi connectivity index (χ4v) is 2.71. The summed E-state index contributed by atoms with van der Waals surface area (Å²) in [5.74, 6) is 1.54. The Morgan fingerprint density at radius 1 is 1.42 bits per heavy atom. The van der Waals surface area contributed by atoms with Crippen LogP contribution in [0, 0.1) is 11.3 Å². The predicted octanol–water partition coefficient (Wildman–Crippen LogP) is 2.02. The van der Waals surface area contributed by atoms with Gasteiger partial charge in [0.1, 0.15) is 0 Å². The maximum Gasteiger partial charge on any atom is 0.225 e. The zero-order valence-electron chi connectivity index (χ0n) is 12.6. The Hall–Kier alpha value is -1.16. The molecule has 0 bridgehead atoms. The largest absolute Gasteiger partial charge is 0.343 e. The van der Waals surface area contributed by atoms with Crippen LogP contribution in [-0.4, -0.2) is 30.1 Å². The fraction of sp³-hybridized carbons (Fsp3) is 0.733. The molecule has 1 aromatic rings. The third kappa shape index (κ3) is 3.24. The quantitative estimate of drug-likeness (QED) is 0.905. The number of fused-ring (bicyclic) bond motifs is 1. The molecule has 0 saturated carbocycles. The van der Waals surface area contributed by atoms with Crippen LogP contribution in [0.1, 0.15) is 38.4 Å². The molecule has 0 saturated heterocycles. The van der Waals surface area contributed by atoms with Crippen LogP contribution in [0.3, 0.4) is 0 Å². The number of aryl methyl sites for hydroxylation is 1. The van der Waals surface area contributed by atoms with Gasteiger partial charge in [-0.1, -0.05) is 20.8 Å². The lowest BCUT2D eigenvalue weighted by Crippen LogP contribution is -2.30. The van der Waals surface area contributed by atoms with Crippen LogP contribution < -0.4 is 10.6 Å². The fourth-order valence-electron chi connectivity index (χ4n) is 2.71. The van der Waals surface area contributed by atoms with Crippen LogP contribution in [0.15, 0.2) is 6.20 Å². The summed E-state index contributed by atoms with van der Waals surface area (Å²) in [6.45, 7) is 8.40. The number of nitrogens with two attached hydrogens (primary N) is 1. The van der Waals surface area contributed by atoms with Crippen molar-refractivity contribution in [1.82, 2.24) is 9.97 Å². The first-order valence-electron chi connectivity index (χ1n) is 7.18. The Balaban J connectivity index is 2.16. The molecule has 106 valence electrons. The molecule has 0 aromatic carbocycles. The highest BCUT2D eigenvalue weighted by Crippen LogP contribution is 2.36. The molecule has 1 aromatic heterocycles. The van der Waals surface area contributed by atoms with Crippen LogP contribution in [0.4, 0.5) is 5.95 Å². The molecule has 2 rings (SSSR count). The van der Waals surface area contributed by atoms with E-state index in [4.69, 9.17) is 10.7 Å². The van der Waals surface area contributed by atoms with Crippen molar-refractivity contribution >= 4 is 5.95 Å². The van der Waals surface area contributed by atoms with Crippen LogP contribution in [-0.2, 0) is 12.8 Å². The van der Waals surface area contributed by atoms with Gasteiger partial charge in [-0.15, -0.1) is 0 Å². The molecule has 1 heterocycles. The molecule has 1 unspecified atom stereocenters. The second-order valence-corrected chi connectivity index (χ2v) is 6.66. The SMILES string of the molecule is CN(CCN)c1ncc2c(n1)CCC(C(C)(C)C)C2. The van der Waals surface area contributed by atoms with Gasteiger partial charge in [-0.25, -0.2) is 9.97 Å². The third-order valence-corrected chi connectivity index (χ3v) is 4.17. The zero-order valence-corrected chi connectivity index (χ0v) is 12.6.